The summed E-state index contributed by atoms with van der Waals surface area (Å²) in [6.45, 7) is 11.7. The first kappa shape index (κ1) is 25.5. The molecule has 4 nitrogen and oxygen atoms in total. The van der Waals surface area contributed by atoms with Crippen LogP contribution in [0.15, 0.2) is 94.2 Å². The topological polar surface area (TPSA) is 45.5 Å². The Morgan fingerprint density at radius 1 is 1.15 bits per heavy atom. The van der Waals surface area contributed by atoms with E-state index in [1.165, 1.54) is 6.07 Å². The molecule has 0 aliphatic heterocycles. The predicted molar refractivity (Wildman–Crippen MR) is 146 cm³/mol. The van der Waals surface area contributed by atoms with E-state index >= 15 is 0 Å². The molecule has 0 aliphatic carbocycles. The van der Waals surface area contributed by atoms with Gasteiger partial charge in [0.15, 0.2) is 0 Å². The molecule has 0 saturated heterocycles. The summed E-state index contributed by atoms with van der Waals surface area (Å²) >= 11 is 6.17. The summed E-state index contributed by atoms with van der Waals surface area (Å²) in [5.74, 6) is 0. The van der Waals surface area contributed by atoms with Gasteiger partial charge in [-0.25, -0.2) is 4.79 Å². The number of allylic oxidation sites excluding steroid dienone is 4. The molecular formula is C29H33ClN2O2. The van der Waals surface area contributed by atoms with E-state index in [1.54, 1.807) is 0 Å². The van der Waals surface area contributed by atoms with Gasteiger partial charge >= 0.3 is 5.63 Å². The normalized spacial score (nSPS) is 12.1. The van der Waals surface area contributed by atoms with Crippen molar-refractivity contribution in [2.24, 2.45) is 0 Å². The lowest BCUT2D eigenvalue weighted by Gasteiger charge is -2.20. The van der Waals surface area contributed by atoms with Gasteiger partial charge in [-0.05, 0) is 67.3 Å². The SMILES string of the molecule is C=CC(/C=C/CN(CCC)CCCNc1cc(=O)oc2ccc(-c3cccc(Cl)c3)cc12)=C\C. The number of rotatable bonds is 12. The van der Waals surface area contributed by atoms with Gasteiger partial charge < -0.3 is 9.73 Å². The molecule has 0 atom stereocenters. The fourth-order valence-corrected chi connectivity index (χ4v) is 4.10. The monoisotopic (exact) mass is 476 g/mol. The molecular weight excluding hydrogens is 444 g/mol. The third-order valence-corrected chi connectivity index (χ3v) is 5.88. The van der Waals surface area contributed by atoms with Crippen LogP contribution >= 0.6 is 11.6 Å². The van der Waals surface area contributed by atoms with Gasteiger partial charge in [-0.15, -0.1) is 0 Å². The van der Waals surface area contributed by atoms with Gasteiger partial charge in [-0.1, -0.05) is 67.6 Å². The lowest BCUT2D eigenvalue weighted by Crippen LogP contribution is -2.27. The van der Waals surface area contributed by atoms with E-state index in [4.69, 9.17) is 16.0 Å². The molecule has 0 aliphatic rings. The van der Waals surface area contributed by atoms with Crippen molar-refractivity contribution in [2.45, 2.75) is 26.7 Å². The van der Waals surface area contributed by atoms with E-state index in [9.17, 15) is 4.79 Å². The number of nitrogens with one attached hydrogen (secondary N) is 1. The van der Waals surface area contributed by atoms with Crippen LogP contribution in [0.5, 0.6) is 0 Å². The smallest absolute Gasteiger partial charge is 0.338 e. The summed E-state index contributed by atoms with van der Waals surface area (Å²) < 4.78 is 5.43. The molecule has 1 N–H and O–H groups in total. The first-order valence-corrected chi connectivity index (χ1v) is 12.2. The molecule has 178 valence electrons. The maximum absolute atomic E-state index is 12.1. The molecule has 0 amide bonds. The van der Waals surface area contributed by atoms with Gasteiger partial charge in [0.2, 0.25) is 0 Å². The summed E-state index contributed by atoms with van der Waals surface area (Å²) in [4.78, 5) is 14.5. The van der Waals surface area contributed by atoms with Crippen molar-refractivity contribution in [1.82, 2.24) is 4.90 Å². The molecule has 3 rings (SSSR count). The first-order valence-electron chi connectivity index (χ1n) is 11.8. The van der Waals surface area contributed by atoms with Crippen molar-refractivity contribution in [1.29, 1.82) is 0 Å². The van der Waals surface area contributed by atoms with Crippen LogP contribution in [-0.4, -0.2) is 31.1 Å². The van der Waals surface area contributed by atoms with Gasteiger partial charge in [0.25, 0.3) is 0 Å². The summed E-state index contributed by atoms with van der Waals surface area (Å²) in [5.41, 5.74) is 4.18. The Hall–Kier alpha value is -3.08. The molecule has 0 spiro atoms. The lowest BCUT2D eigenvalue weighted by molar-refractivity contribution is 0.302. The second-order valence-electron chi connectivity index (χ2n) is 8.18. The zero-order valence-corrected chi connectivity index (χ0v) is 20.8. The first-order chi connectivity index (χ1) is 16.5. The Bertz CT molecular complexity index is 1230. The Morgan fingerprint density at radius 2 is 1.97 bits per heavy atom. The molecule has 1 heterocycles. The average molecular weight is 477 g/mol. The molecule has 0 radical (unpaired) electrons. The molecule has 3 aromatic rings. The third-order valence-electron chi connectivity index (χ3n) is 5.65. The van der Waals surface area contributed by atoms with Gasteiger partial charge in [0.1, 0.15) is 5.58 Å². The second-order valence-corrected chi connectivity index (χ2v) is 8.61. The van der Waals surface area contributed by atoms with Crippen molar-refractivity contribution < 1.29 is 4.42 Å². The van der Waals surface area contributed by atoms with Crippen LogP contribution in [0.25, 0.3) is 22.1 Å². The summed E-state index contributed by atoms with van der Waals surface area (Å²) in [6.07, 6.45) is 10.3. The van der Waals surface area contributed by atoms with E-state index in [1.807, 2.05) is 55.5 Å². The van der Waals surface area contributed by atoms with Gasteiger partial charge in [-0.3, -0.25) is 4.90 Å². The van der Waals surface area contributed by atoms with Crippen LogP contribution in [0.3, 0.4) is 0 Å². The zero-order chi connectivity index (χ0) is 24.3. The van der Waals surface area contributed by atoms with E-state index in [-0.39, 0.29) is 5.63 Å². The molecule has 34 heavy (non-hydrogen) atoms. The van der Waals surface area contributed by atoms with Crippen LogP contribution in [-0.2, 0) is 0 Å². The van der Waals surface area contributed by atoms with E-state index in [2.05, 4.69) is 41.9 Å². The number of hydrogen-bond acceptors (Lipinski definition) is 4. The predicted octanol–water partition coefficient (Wildman–Crippen LogP) is 7.32. The highest BCUT2D eigenvalue weighted by atomic mass is 35.5. The summed E-state index contributed by atoms with van der Waals surface area (Å²) in [7, 11) is 0. The highest BCUT2D eigenvalue weighted by molar-refractivity contribution is 6.30. The highest BCUT2D eigenvalue weighted by Crippen LogP contribution is 2.29. The highest BCUT2D eigenvalue weighted by Gasteiger charge is 2.09. The minimum absolute atomic E-state index is 0.356. The number of hydrogen-bond donors (Lipinski definition) is 1. The van der Waals surface area contributed by atoms with Crippen LogP contribution in [0, 0.1) is 0 Å². The minimum atomic E-state index is -0.356. The maximum atomic E-state index is 12.1. The van der Waals surface area contributed by atoms with E-state index in [0.29, 0.717) is 10.6 Å². The molecule has 0 unspecified atom stereocenters. The largest absolute Gasteiger partial charge is 0.423 e. The molecule has 1 aromatic heterocycles. The Labute approximate surface area is 207 Å². The number of halogens is 1. The Kier molecular flexibility index (Phi) is 9.75. The number of nitrogens with zero attached hydrogens (tertiary/aromatic N) is 1. The van der Waals surface area contributed by atoms with Crippen LogP contribution < -0.4 is 10.9 Å². The quantitative estimate of drug-likeness (QED) is 0.169. The summed E-state index contributed by atoms with van der Waals surface area (Å²) in [5, 5.41) is 5.03. The number of benzene rings is 2. The van der Waals surface area contributed by atoms with Crippen LogP contribution in [0.4, 0.5) is 5.69 Å². The molecule has 5 heteroatoms. The standard InChI is InChI=1S/C29H33ClN2O2/c1-4-16-32(17-8-10-22(5-2)6-3)18-9-15-31-27-21-29(33)34-28-14-13-24(20-26(27)28)23-11-7-12-25(30)19-23/h5-8,10-14,19-21,31H,2,4,9,15-18H2,1,3H3/b10-8+,22-6+. The van der Waals surface area contributed by atoms with Crippen LogP contribution in [0.1, 0.15) is 26.7 Å². The van der Waals surface area contributed by atoms with Crippen molar-refractivity contribution >= 4 is 28.3 Å². The van der Waals surface area contributed by atoms with Crippen molar-refractivity contribution in [3.63, 3.8) is 0 Å². The Morgan fingerprint density at radius 3 is 2.71 bits per heavy atom. The van der Waals surface area contributed by atoms with Crippen molar-refractivity contribution in [3.8, 4) is 11.1 Å². The molecule has 0 bridgehead atoms. The van der Waals surface area contributed by atoms with Gasteiger partial charge in [0.05, 0.1) is 5.69 Å². The van der Waals surface area contributed by atoms with Crippen molar-refractivity contribution in [2.75, 3.05) is 31.5 Å². The zero-order valence-electron chi connectivity index (χ0n) is 20.0. The average Bonchev–Trinajstić information content (AvgIpc) is 2.84. The minimum Gasteiger partial charge on any atom is -0.423 e. The number of fused-ring (bicyclic) bond motifs is 1. The maximum Gasteiger partial charge on any atom is 0.338 e. The van der Waals surface area contributed by atoms with E-state index < -0.39 is 0 Å². The van der Waals surface area contributed by atoms with Gasteiger partial charge in [0, 0.05) is 36.1 Å². The summed E-state index contributed by atoms with van der Waals surface area (Å²) in [6, 6.07) is 15.1. The molecule has 2 aromatic carbocycles. The van der Waals surface area contributed by atoms with E-state index in [0.717, 1.165) is 66.8 Å². The van der Waals surface area contributed by atoms with Crippen LogP contribution in [0.2, 0.25) is 5.02 Å². The lowest BCUT2D eigenvalue weighted by atomic mass is 10.0. The Balaban J connectivity index is 1.68. The van der Waals surface area contributed by atoms with Gasteiger partial charge in [-0.2, -0.15) is 0 Å². The number of anilines is 1. The fourth-order valence-electron chi connectivity index (χ4n) is 3.91. The van der Waals surface area contributed by atoms with Crippen molar-refractivity contribution in [3.05, 3.63) is 100 Å². The molecule has 0 saturated carbocycles. The second kappa shape index (κ2) is 13.0. The molecule has 0 fully saturated rings. The third kappa shape index (κ3) is 7.21. The fraction of sp³-hybridized carbons (Fsp3) is 0.276.